The Bertz CT molecular complexity index is 774. The normalized spacial score (nSPS) is 11.1. The van der Waals surface area contributed by atoms with Gasteiger partial charge in [0.25, 0.3) is 0 Å². The Morgan fingerprint density at radius 3 is 2.41 bits per heavy atom. The quantitative estimate of drug-likeness (QED) is 0.567. The van der Waals surface area contributed by atoms with E-state index in [4.69, 9.17) is 10.9 Å². The van der Waals surface area contributed by atoms with Gasteiger partial charge in [-0.1, -0.05) is 6.07 Å². The van der Waals surface area contributed by atoms with E-state index < -0.39 is 10.0 Å². The van der Waals surface area contributed by atoms with E-state index >= 15 is 0 Å². The van der Waals surface area contributed by atoms with Crippen LogP contribution in [0, 0.1) is 0 Å². The number of nitrogens with two attached hydrogens (primary N) is 2. The second kappa shape index (κ2) is 6.82. The number of hydrogen-bond acceptors (Lipinski definition) is 5. The third-order valence-corrected chi connectivity index (χ3v) is 4.62. The van der Waals surface area contributed by atoms with Crippen LogP contribution in [0.3, 0.4) is 0 Å². The lowest BCUT2D eigenvalue weighted by Gasteiger charge is -2.06. The molecule has 0 aliphatic heterocycles. The fourth-order valence-corrected chi connectivity index (χ4v) is 2.96. The summed E-state index contributed by atoms with van der Waals surface area (Å²) in [5.41, 5.74) is 6.81. The van der Waals surface area contributed by atoms with E-state index in [1.165, 1.54) is 36.0 Å². The largest absolute Gasteiger partial charge is 0.399 e. The summed E-state index contributed by atoms with van der Waals surface area (Å²) in [6.07, 6.45) is 0. The SMILES string of the molecule is Nc1cccc(SCC(=O)Nc2ccc(S(N)(=O)=O)cc2)c1. The second-order valence-corrected chi connectivity index (χ2v) is 7.09. The third-order valence-electron chi connectivity index (χ3n) is 2.69. The lowest BCUT2D eigenvalue weighted by Crippen LogP contribution is -2.15. The van der Waals surface area contributed by atoms with Crippen molar-refractivity contribution in [2.75, 3.05) is 16.8 Å². The van der Waals surface area contributed by atoms with Gasteiger partial charge in [0.2, 0.25) is 15.9 Å². The number of amides is 1. The highest BCUT2D eigenvalue weighted by molar-refractivity contribution is 8.00. The number of sulfonamides is 1. The topological polar surface area (TPSA) is 115 Å². The molecule has 1 amide bonds. The molecule has 0 bridgehead atoms. The van der Waals surface area contributed by atoms with Crippen molar-refractivity contribution < 1.29 is 13.2 Å². The van der Waals surface area contributed by atoms with E-state index in [1.54, 1.807) is 12.1 Å². The van der Waals surface area contributed by atoms with E-state index in [-0.39, 0.29) is 16.6 Å². The zero-order valence-corrected chi connectivity index (χ0v) is 13.2. The molecular weight excluding hydrogens is 322 g/mol. The van der Waals surface area contributed by atoms with Gasteiger partial charge >= 0.3 is 0 Å². The van der Waals surface area contributed by atoms with Gasteiger partial charge in [-0.15, -0.1) is 11.8 Å². The molecule has 0 fully saturated rings. The maximum atomic E-state index is 11.8. The Labute approximate surface area is 132 Å². The summed E-state index contributed by atoms with van der Waals surface area (Å²) in [4.78, 5) is 12.7. The molecule has 2 aromatic carbocycles. The minimum absolute atomic E-state index is 0.000338. The lowest BCUT2D eigenvalue weighted by molar-refractivity contribution is -0.113. The monoisotopic (exact) mass is 337 g/mol. The van der Waals surface area contributed by atoms with Gasteiger partial charge in [-0.2, -0.15) is 0 Å². The number of rotatable bonds is 5. The number of anilines is 2. The zero-order chi connectivity index (χ0) is 16.2. The summed E-state index contributed by atoms with van der Waals surface area (Å²) < 4.78 is 22.3. The molecule has 6 nitrogen and oxygen atoms in total. The molecular formula is C14H15N3O3S2. The average Bonchev–Trinajstić information content (AvgIpc) is 2.45. The standard InChI is InChI=1S/C14H15N3O3S2/c15-10-2-1-3-12(8-10)21-9-14(18)17-11-4-6-13(7-5-11)22(16,19)20/h1-8H,9,15H2,(H,17,18)(H2,16,19,20). The van der Waals surface area contributed by atoms with Gasteiger partial charge < -0.3 is 11.1 Å². The van der Waals surface area contributed by atoms with Crippen LogP contribution in [0.25, 0.3) is 0 Å². The van der Waals surface area contributed by atoms with Crippen molar-refractivity contribution in [1.29, 1.82) is 0 Å². The Hall–Kier alpha value is -2.03. The molecule has 0 unspecified atom stereocenters. The smallest absolute Gasteiger partial charge is 0.238 e. The van der Waals surface area contributed by atoms with Crippen LogP contribution in [-0.4, -0.2) is 20.1 Å². The maximum Gasteiger partial charge on any atom is 0.238 e. The van der Waals surface area contributed by atoms with Gasteiger partial charge in [-0.25, -0.2) is 13.6 Å². The molecule has 2 aromatic rings. The predicted octanol–water partition coefficient (Wildman–Crippen LogP) is 1.65. The van der Waals surface area contributed by atoms with Crippen molar-refractivity contribution in [2.45, 2.75) is 9.79 Å². The molecule has 0 heterocycles. The van der Waals surface area contributed by atoms with Gasteiger partial charge in [0.15, 0.2) is 0 Å². The number of hydrogen-bond donors (Lipinski definition) is 3. The van der Waals surface area contributed by atoms with E-state index in [0.29, 0.717) is 11.4 Å². The van der Waals surface area contributed by atoms with Crippen molar-refractivity contribution in [3.63, 3.8) is 0 Å². The maximum absolute atomic E-state index is 11.8. The Balaban J connectivity index is 1.92. The van der Waals surface area contributed by atoms with Crippen LogP contribution >= 0.6 is 11.8 Å². The van der Waals surface area contributed by atoms with E-state index in [0.717, 1.165) is 4.90 Å². The average molecular weight is 337 g/mol. The highest BCUT2D eigenvalue weighted by Crippen LogP contribution is 2.20. The molecule has 8 heteroatoms. The third kappa shape index (κ3) is 4.76. The van der Waals surface area contributed by atoms with Crippen LogP contribution < -0.4 is 16.2 Å². The molecule has 0 atom stereocenters. The van der Waals surface area contributed by atoms with Crippen LogP contribution in [-0.2, 0) is 14.8 Å². The number of primary sulfonamides is 1. The fourth-order valence-electron chi connectivity index (χ4n) is 1.68. The summed E-state index contributed by atoms with van der Waals surface area (Å²) >= 11 is 1.36. The number of carbonyl (C=O) groups is 1. The number of nitrogens with one attached hydrogen (secondary N) is 1. The summed E-state index contributed by atoms with van der Waals surface area (Å²) in [6, 6.07) is 12.9. The Morgan fingerprint density at radius 1 is 1.14 bits per heavy atom. The molecule has 22 heavy (non-hydrogen) atoms. The van der Waals surface area contributed by atoms with Crippen LogP contribution in [0.4, 0.5) is 11.4 Å². The van der Waals surface area contributed by atoms with E-state index in [2.05, 4.69) is 5.32 Å². The highest BCUT2D eigenvalue weighted by atomic mass is 32.2. The van der Waals surface area contributed by atoms with Gasteiger partial charge in [0.05, 0.1) is 10.6 Å². The van der Waals surface area contributed by atoms with Crippen LogP contribution in [0.1, 0.15) is 0 Å². The number of nitrogen functional groups attached to an aromatic ring is 1. The first-order valence-corrected chi connectivity index (χ1v) is 8.79. The van der Waals surface area contributed by atoms with Gasteiger partial charge in [0.1, 0.15) is 0 Å². The van der Waals surface area contributed by atoms with E-state index in [1.807, 2.05) is 12.1 Å². The summed E-state index contributed by atoms with van der Waals surface area (Å²) in [7, 11) is -3.73. The molecule has 5 N–H and O–H groups in total. The molecule has 0 aliphatic carbocycles. The highest BCUT2D eigenvalue weighted by Gasteiger charge is 2.08. The zero-order valence-electron chi connectivity index (χ0n) is 11.5. The summed E-state index contributed by atoms with van der Waals surface area (Å²) in [5, 5.41) is 7.68. The second-order valence-electron chi connectivity index (χ2n) is 4.48. The first-order valence-electron chi connectivity index (χ1n) is 6.26. The molecule has 0 spiro atoms. The van der Waals surface area contributed by atoms with E-state index in [9.17, 15) is 13.2 Å². The number of carbonyl (C=O) groups excluding carboxylic acids is 1. The van der Waals surface area contributed by atoms with Gasteiger partial charge in [-0.3, -0.25) is 4.79 Å². The minimum atomic E-state index is -3.73. The summed E-state index contributed by atoms with van der Waals surface area (Å²) in [5.74, 6) is 0.0243. The van der Waals surface area contributed by atoms with Gasteiger partial charge in [-0.05, 0) is 42.5 Å². The fraction of sp³-hybridized carbons (Fsp3) is 0.0714. The van der Waals surface area contributed by atoms with Crippen molar-refractivity contribution in [3.8, 4) is 0 Å². The molecule has 0 saturated heterocycles. The minimum Gasteiger partial charge on any atom is -0.399 e. The number of benzene rings is 2. The molecule has 0 saturated carbocycles. The van der Waals surface area contributed by atoms with Crippen molar-refractivity contribution in [3.05, 3.63) is 48.5 Å². The first kappa shape index (κ1) is 16.3. The Morgan fingerprint density at radius 2 is 1.82 bits per heavy atom. The van der Waals surface area contributed by atoms with Crippen LogP contribution in [0.15, 0.2) is 58.3 Å². The molecule has 0 radical (unpaired) electrons. The Kier molecular flexibility index (Phi) is 5.07. The summed E-state index contributed by atoms with van der Waals surface area (Å²) in [6.45, 7) is 0. The lowest BCUT2D eigenvalue weighted by atomic mass is 10.3. The predicted molar refractivity (Wildman–Crippen MR) is 88.0 cm³/mol. The molecule has 0 aliphatic rings. The van der Waals surface area contributed by atoms with Crippen LogP contribution in [0.5, 0.6) is 0 Å². The molecule has 0 aromatic heterocycles. The first-order chi connectivity index (χ1) is 10.3. The van der Waals surface area contributed by atoms with Crippen molar-refractivity contribution >= 4 is 39.1 Å². The number of thioether (sulfide) groups is 1. The molecule has 116 valence electrons. The van der Waals surface area contributed by atoms with Crippen molar-refractivity contribution in [2.24, 2.45) is 5.14 Å². The molecule has 2 rings (SSSR count). The van der Waals surface area contributed by atoms with Crippen molar-refractivity contribution in [1.82, 2.24) is 0 Å². The van der Waals surface area contributed by atoms with Crippen LogP contribution in [0.2, 0.25) is 0 Å². The van der Waals surface area contributed by atoms with Gasteiger partial charge in [0, 0.05) is 16.3 Å².